The molecular weight excluding hydrogens is 252 g/mol. The van der Waals surface area contributed by atoms with E-state index in [-0.39, 0.29) is 0 Å². The van der Waals surface area contributed by atoms with Gasteiger partial charge in [0.05, 0.1) is 5.02 Å². The van der Waals surface area contributed by atoms with Crippen LogP contribution < -0.4 is 5.32 Å². The van der Waals surface area contributed by atoms with Crippen molar-refractivity contribution in [3.05, 3.63) is 21.3 Å². The van der Waals surface area contributed by atoms with Gasteiger partial charge in [-0.25, -0.2) is 0 Å². The van der Waals surface area contributed by atoms with Crippen molar-refractivity contribution >= 4 is 22.9 Å². The second-order valence-corrected chi connectivity index (χ2v) is 6.21. The Labute approximate surface area is 113 Å². The number of thiophene rings is 1. The first-order valence-electron chi connectivity index (χ1n) is 6.38. The summed E-state index contributed by atoms with van der Waals surface area (Å²) in [5.41, 5.74) is 0. The topological polar surface area (TPSA) is 15.3 Å². The molecule has 0 bridgehead atoms. The summed E-state index contributed by atoms with van der Waals surface area (Å²) < 4.78 is 0. The Morgan fingerprint density at radius 2 is 2.24 bits per heavy atom. The minimum Gasteiger partial charge on any atom is -0.320 e. The number of hydrogen-bond acceptors (Lipinski definition) is 3. The predicted octanol–water partition coefficient (Wildman–Crippen LogP) is 3.22. The number of likely N-dealkylation sites (tertiary alicyclic amines) is 1. The second-order valence-electron chi connectivity index (χ2n) is 4.80. The average Bonchev–Trinajstić information content (AvgIpc) is 2.74. The third-order valence-electron chi connectivity index (χ3n) is 3.57. The summed E-state index contributed by atoms with van der Waals surface area (Å²) >= 11 is 7.91. The minimum atomic E-state index is 0.914. The van der Waals surface area contributed by atoms with Gasteiger partial charge in [0.1, 0.15) is 0 Å². The summed E-state index contributed by atoms with van der Waals surface area (Å²) in [5, 5.41) is 6.26. The zero-order valence-electron chi connectivity index (χ0n) is 10.4. The molecule has 1 aliphatic heterocycles. The van der Waals surface area contributed by atoms with E-state index in [1.807, 2.05) is 13.1 Å². The van der Waals surface area contributed by atoms with E-state index in [0.717, 1.165) is 24.0 Å². The maximum Gasteiger partial charge on any atom is 0.0558 e. The lowest BCUT2D eigenvalue weighted by Crippen LogP contribution is -2.33. The fourth-order valence-corrected chi connectivity index (χ4v) is 3.56. The van der Waals surface area contributed by atoms with Gasteiger partial charge in [0.2, 0.25) is 0 Å². The van der Waals surface area contributed by atoms with E-state index >= 15 is 0 Å². The molecule has 2 heterocycles. The summed E-state index contributed by atoms with van der Waals surface area (Å²) in [6, 6.07) is 2.00. The smallest absolute Gasteiger partial charge is 0.0558 e. The normalized spacial score (nSPS) is 18.7. The minimum absolute atomic E-state index is 0.914. The molecule has 0 atom stereocenters. The van der Waals surface area contributed by atoms with Crippen LogP contribution >= 0.6 is 22.9 Å². The van der Waals surface area contributed by atoms with E-state index in [2.05, 4.69) is 15.6 Å². The summed E-state index contributed by atoms with van der Waals surface area (Å²) in [5.74, 6) is 0.914. The zero-order valence-corrected chi connectivity index (χ0v) is 12.0. The van der Waals surface area contributed by atoms with Gasteiger partial charge in [-0.3, -0.25) is 4.90 Å². The van der Waals surface area contributed by atoms with Crippen LogP contribution in [-0.4, -0.2) is 31.6 Å². The van der Waals surface area contributed by atoms with Crippen molar-refractivity contribution in [3.63, 3.8) is 0 Å². The third kappa shape index (κ3) is 3.95. The lowest BCUT2D eigenvalue weighted by molar-refractivity contribution is 0.173. The Morgan fingerprint density at radius 1 is 1.47 bits per heavy atom. The zero-order chi connectivity index (χ0) is 12.1. The highest BCUT2D eigenvalue weighted by Gasteiger charge is 2.19. The summed E-state index contributed by atoms with van der Waals surface area (Å²) in [6.45, 7) is 4.64. The first-order valence-corrected chi connectivity index (χ1v) is 7.64. The number of hydrogen-bond donors (Lipinski definition) is 1. The van der Waals surface area contributed by atoms with Crippen molar-refractivity contribution in [3.8, 4) is 0 Å². The number of rotatable bonds is 5. The van der Waals surface area contributed by atoms with Crippen LogP contribution in [0.15, 0.2) is 11.4 Å². The van der Waals surface area contributed by atoms with Crippen LogP contribution in [0.5, 0.6) is 0 Å². The first-order chi connectivity index (χ1) is 8.29. The molecule has 2 rings (SSSR count). The predicted molar refractivity (Wildman–Crippen MR) is 75.9 cm³/mol. The van der Waals surface area contributed by atoms with Gasteiger partial charge in [-0.15, -0.1) is 11.3 Å². The van der Waals surface area contributed by atoms with Gasteiger partial charge in [-0.05, 0) is 63.3 Å². The van der Waals surface area contributed by atoms with Crippen LogP contribution in [0.3, 0.4) is 0 Å². The molecule has 1 saturated heterocycles. The molecule has 0 radical (unpaired) electrons. The molecule has 17 heavy (non-hydrogen) atoms. The van der Waals surface area contributed by atoms with Crippen molar-refractivity contribution < 1.29 is 0 Å². The Kier molecular flexibility index (Phi) is 5.29. The maximum absolute atomic E-state index is 6.13. The Morgan fingerprint density at radius 3 is 2.82 bits per heavy atom. The van der Waals surface area contributed by atoms with E-state index in [0.29, 0.717) is 0 Å². The highest BCUT2D eigenvalue weighted by molar-refractivity contribution is 7.10. The summed E-state index contributed by atoms with van der Waals surface area (Å²) in [6.07, 6.45) is 4.00. The molecule has 0 saturated carbocycles. The van der Waals surface area contributed by atoms with E-state index in [4.69, 9.17) is 11.6 Å². The van der Waals surface area contributed by atoms with E-state index < -0.39 is 0 Å². The van der Waals surface area contributed by atoms with Crippen molar-refractivity contribution in [2.24, 2.45) is 5.92 Å². The van der Waals surface area contributed by atoms with E-state index in [1.165, 1.54) is 37.2 Å². The maximum atomic E-state index is 6.13. The Hall–Kier alpha value is -0.0900. The highest BCUT2D eigenvalue weighted by atomic mass is 35.5. The molecule has 0 unspecified atom stereocenters. The average molecular weight is 273 g/mol. The van der Waals surface area contributed by atoms with Crippen LogP contribution in [0.2, 0.25) is 5.02 Å². The van der Waals surface area contributed by atoms with Gasteiger partial charge in [-0.1, -0.05) is 11.6 Å². The van der Waals surface area contributed by atoms with E-state index in [9.17, 15) is 0 Å². The van der Waals surface area contributed by atoms with Gasteiger partial charge in [0.15, 0.2) is 0 Å². The van der Waals surface area contributed by atoms with Gasteiger partial charge in [-0.2, -0.15) is 0 Å². The molecule has 1 fully saturated rings. The lowest BCUT2D eigenvalue weighted by atomic mass is 9.93. The molecule has 1 aromatic heterocycles. The third-order valence-corrected chi connectivity index (χ3v) is 4.94. The lowest BCUT2D eigenvalue weighted by Gasteiger charge is -2.31. The molecule has 1 N–H and O–H groups in total. The monoisotopic (exact) mass is 272 g/mol. The van der Waals surface area contributed by atoms with Crippen LogP contribution in [0.4, 0.5) is 0 Å². The molecule has 2 nitrogen and oxygen atoms in total. The van der Waals surface area contributed by atoms with Crippen molar-refractivity contribution in [2.75, 3.05) is 26.7 Å². The summed E-state index contributed by atoms with van der Waals surface area (Å²) in [7, 11) is 2.04. The molecule has 4 heteroatoms. The highest BCUT2D eigenvalue weighted by Crippen LogP contribution is 2.26. The molecule has 0 aliphatic carbocycles. The van der Waals surface area contributed by atoms with Crippen LogP contribution in [0, 0.1) is 5.92 Å². The summed E-state index contributed by atoms with van der Waals surface area (Å²) in [4.78, 5) is 3.86. The quantitative estimate of drug-likeness (QED) is 0.885. The van der Waals surface area contributed by atoms with Gasteiger partial charge in [0.25, 0.3) is 0 Å². The molecular formula is C13H21ClN2S. The van der Waals surface area contributed by atoms with Crippen molar-refractivity contribution in [1.29, 1.82) is 0 Å². The fraction of sp³-hybridized carbons (Fsp3) is 0.692. The largest absolute Gasteiger partial charge is 0.320 e. The van der Waals surface area contributed by atoms with Gasteiger partial charge >= 0.3 is 0 Å². The number of nitrogens with zero attached hydrogens (tertiary/aromatic N) is 1. The Balaban J connectivity index is 1.74. The number of halogens is 1. The van der Waals surface area contributed by atoms with Crippen LogP contribution in [-0.2, 0) is 6.54 Å². The molecule has 1 aliphatic rings. The molecule has 0 spiro atoms. The number of piperidine rings is 1. The first kappa shape index (κ1) is 13.3. The molecule has 0 amide bonds. The SMILES string of the molecule is CNCCC1CCN(Cc2sccc2Cl)CC1. The van der Waals surface area contributed by atoms with Crippen molar-refractivity contribution in [2.45, 2.75) is 25.8 Å². The second kappa shape index (κ2) is 6.74. The molecule has 1 aromatic rings. The Bertz CT molecular complexity index is 332. The standard InChI is InChI=1S/C13H21ClN2S/c1-15-6-2-11-3-7-16(8-4-11)10-13-12(14)5-9-17-13/h5,9,11,15H,2-4,6-8,10H2,1H3. The van der Waals surface area contributed by atoms with Crippen LogP contribution in [0.25, 0.3) is 0 Å². The number of nitrogens with one attached hydrogen (secondary N) is 1. The van der Waals surface area contributed by atoms with E-state index in [1.54, 1.807) is 11.3 Å². The van der Waals surface area contributed by atoms with Crippen LogP contribution in [0.1, 0.15) is 24.1 Å². The fourth-order valence-electron chi connectivity index (χ4n) is 2.42. The van der Waals surface area contributed by atoms with Gasteiger partial charge < -0.3 is 5.32 Å². The molecule has 96 valence electrons. The van der Waals surface area contributed by atoms with Crippen molar-refractivity contribution in [1.82, 2.24) is 10.2 Å². The van der Waals surface area contributed by atoms with Gasteiger partial charge in [0, 0.05) is 11.4 Å². The molecule has 0 aromatic carbocycles.